The number of rotatable bonds is 3. The summed E-state index contributed by atoms with van der Waals surface area (Å²) in [6.45, 7) is 4.05. The molecule has 2 heteroatoms. The molecule has 0 saturated heterocycles. The minimum absolute atomic E-state index is 0.396. The van der Waals surface area contributed by atoms with Crippen LogP contribution in [0.5, 0.6) is 0 Å². The Bertz CT molecular complexity index is 502. The predicted octanol–water partition coefficient (Wildman–Crippen LogP) is 3.04. The highest BCUT2D eigenvalue weighted by Gasteiger charge is 2.18. The molecule has 3 N–H and O–H groups in total. The van der Waals surface area contributed by atoms with Gasteiger partial charge in [0.15, 0.2) is 0 Å². The summed E-state index contributed by atoms with van der Waals surface area (Å²) in [5.74, 6) is 0. The van der Waals surface area contributed by atoms with E-state index in [1.165, 1.54) is 0 Å². The molecular weight excluding hydrogens is 222 g/mol. The van der Waals surface area contributed by atoms with Gasteiger partial charge in [0.05, 0.1) is 12.1 Å². The van der Waals surface area contributed by atoms with Gasteiger partial charge in [-0.25, -0.2) is 0 Å². The third kappa shape index (κ3) is 2.78. The van der Waals surface area contributed by atoms with Gasteiger partial charge in [0.25, 0.3) is 0 Å². The third-order valence-electron chi connectivity index (χ3n) is 3.11. The average molecular weight is 241 g/mol. The number of aliphatic hydroxyl groups excluding tert-OH is 1. The second-order valence-electron chi connectivity index (χ2n) is 4.80. The zero-order valence-electron chi connectivity index (χ0n) is 10.8. The van der Waals surface area contributed by atoms with Crippen LogP contribution in [0.2, 0.25) is 0 Å². The van der Waals surface area contributed by atoms with Crippen LogP contribution in [0.4, 0.5) is 0 Å². The lowest BCUT2D eigenvalue weighted by atomic mass is 9.94. The van der Waals surface area contributed by atoms with Crippen LogP contribution in [0, 0.1) is 13.8 Å². The van der Waals surface area contributed by atoms with Gasteiger partial charge >= 0.3 is 0 Å². The van der Waals surface area contributed by atoms with Crippen LogP contribution >= 0.6 is 0 Å². The molecule has 0 heterocycles. The number of nitrogens with two attached hydrogens (primary N) is 1. The highest BCUT2D eigenvalue weighted by atomic mass is 16.3. The summed E-state index contributed by atoms with van der Waals surface area (Å²) in [5, 5.41) is 10.4. The molecule has 94 valence electrons. The first kappa shape index (κ1) is 12.8. The lowest BCUT2D eigenvalue weighted by molar-refractivity contribution is 0.147. The highest BCUT2D eigenvalue weighted by molar-refractivity contribution is 5.32. The van der Waals surface area contributed by atoms with E-state index in [0.29, 0.717) is 0 Å². The van der Waals surface area contributed by atoms with E-state index in [4.69, 9.17) is 5.73 Å². The third-order valence-corrected chi connectivity index (χ3v) is 3.11. The summed E-state index contributed by atoms with van der Waals surface area (Å²) >= 11 is 0. The molecule has 0 aliphatic carbocycles. The number of aliphatic hydroxyl groups is 1. The van der Waals surface area contributed by atoms with Gasteiger partial charge in [0.2, 0.25) is 0 Å². The van der Waals surface area contributed by atoms with E-state index in [1.54, 1.807) is 0 Å². The van der Waals surface area contributed by atoms with E-state index in [1.807, 2.05) is 56.3 Å². The van der Waals surface area contributed by atoms with Crippen LogP contribution in [0.1, 0.15) is 34.4 Å². The Morgan fingerprint density at radius 2 is 1.44 bits per heavy atom. The Labute approximate surface area is 108 Å². The lowest BCUT2D eigenvalue weighted by Gasteiger charge is -2.20. The molecule has 2 unspecified atom stereocenters. The maximum absolute atomic E-state index is 10.4. The lowest BCUT2D eigenvalue weighted by Crippen LogP contribution is -2.19. The topological polar surface area (TPSA) is 46.2 Å². The Morgan fingerprint density at radius 1 is 0.889 bits per heavy atom. The van der Waals surface area contributed by atoms with Gasteiger partial charge in [0.1, 0.15) is 0 Å². The Morgan fingerprint density at radius 3 is 2.00 bits per heavy atom. The van der Waals surface area contributed by atoms with Crippen molar-refractivity contribution in [2.45, 2.75) is 26.0 Å². The van der Waals surface area contributed by atoms with Crippen LogP contribution < -0.4 is 5.73 Å². The predicted molar refractivity (Wildman–Crippen MR) is 74.2 cm³/mol. The molecule has 0 aromatic heterocycles. The standard InChI is InChI=1S/C16H19NO/c1-11-8-12(2)10-14(9-11)16(18)15(17)13-6-4-3-5-7-13/h3-10,15-16,18H,17H2,1-2H3. The Kier molecular flexibility index (Phi) is 3.80. The fourth-order valence-electron chi connectivity index (χ4n) is 2.25. The van der Waals surface area contributed by atoms with Crippen molar-refractivity contribution in [2.75, 3.05) is 0 Å². The SMILES string of the molecule is Cc1cc(C)cc(C(O)C(N)c2ccccc2)c1. The van der Waals surface area contributed by atoms with E-state index in [9.17, 15) is 5.11 Å². The number of hydrogen-bond donors (Lipinski definition) is 2. The van der Waals surface area contributed by atoms with Crippen molar-refractivity contribution < 1.29 is 5.11 Å². The normalized spacial score (nSPS) is 14.2. The van der Waals surface area contributed by atoms with Crippen LogP contribution in [-0.4, -0.2) is 5.11 Å². The van der Waals surface area contributed by atoms with Gasteiger partial charge in [-0.15, -0.1) is 0 Å². The van der Waals surface area contributed by atoms with Crippen molar-refractivity contribution in [1.82, 2.24) is 0 Å². The monoisotopic (exact) mass is 241 g/mol. The molecule has 2 aromatic rings. The quantitative estimate of drug-likeness (QED) is 0.867. The first-order valence-electron chi connectivity index (χ1n) is 6.14. The summed E-state index contributed by atoms with van der Waals surface area (Å²) in [4.78, 5) is 0. The smallest absolute Gasteiger partial charge is 0.0982 e. The molecule has 0 aliphatic rings. The molecule has 18 heavy (non-hydrogen) atoms. The molecule has 0 fully saturated rings. The molecule has 0 spiro atoms. The molecule has 0 amide bonds. The van der Waals surface area contributed by atoms with Crippen LogP contribution in [-0.2, 0) is 0 Å². The van der Waals surface area contributed by atoms with Gasteiger partial charge in [-0.3, -0.25) is 0 Å². The fraction of sp³-hybridized carbons (Fsp3) is 0.250. The van der Waals surface area contributed by atoms with E-state index < -0.39 is 12.1 Å². The molecule has 2 atom stereocenters. The van der Waals surface area contributed by atoms with Crippen molar-refractivity contribution in [2.24, 2.45) is 5.73 Å². The maximum Gasteiger partial charge on any atom is 0.0982 e. The van der Waals surface area contributed by atoms with E-state index in [0.717, 1.165) is 22.3 Å². The van der Waals surface area contributed by atoms with E-state index in [-0.39, 0.29) is 0 Å². The second-order valence-corrected chi connectivity index (χ2v) is 4.80. The first-order valence-corrected chi connectivity index (χ1v) is 6.14. The zero-order valence-corrected chi connectivity index (χ0v) is 10.8. The van der Waals surface area contributed by atoms with Gasteiger partial charge in [-0.05, 0) is 25.0 Å². The second kappa shape index (κ2) is 5.34. The van der Waals surface area contributed by atoms with Gasteiger partial charge in [0, 0.05) is 0 Å². The minimum Gasteiger partial charge on any atom is -0.386 e. The van der Waals surface area contributed by atoms with Crippen molar-refractivity contribution in [3.8, 4) is 0 Å². The first-order chi connectivity index (χ1) is 8.58. The molecule has 0 saturated carbocycles. The number of aryl methyl sites for hydroxylation is 2. The largest absolute Gasteiger partial charge is 0.386 e. The van der Waals surface area contributed by atoms with Gasteiger partial charge in [-0.2, -0.15) is 0 Å². The Hall–Kier alpha value is -1.64. The molecule has 0 bridgehead atoms. The van der Waals surface area contributed by atoms with Crippen LogP contribution in [0.15, 0.2) is 48.5 Å². The molecule has 0 radical (unpaired) electrons. The minimum atomic E-state index is -0.675. The summed E-state index contributed by atoms with van der Waals surface area (Å²) in [5.41, 5.74) is 10.2. The highest BCUT2D eigenvalue weighted by Crippen LogP contribution is 2.27. The molecular formula is C16H19NO. The van der Waals surface area contributed by atoms with Gasteiger partial charge < -0.3 is 10.8 Å². The van der Waals surface area contributed by atoms with Crippen molar-refractivity contribution in [1.29, 1.82) is 0 Å². The number of hydrogen-bond acceptors (Lipinski definition) is 2. The fourth-order valence-corrected chi connectivity index (χ4v) is 2.25. The molecule has 0 aliphatic heterocycles. The number of benzene rings is 2. The summed E-state index contributed by atoms with van der Waals surface area (Å²) in [6.07, 6.45) is -0.675. The average Bonchev–Trinajstić information content (AvgIpc) is 2.37. The maximum atomic E-state index is 10.4. The van der Waals surface area contributed by atoms with Crippen molar-refractivity contribution in [3.05, 3.63) is 70.8 Å². The van der Waals surface area contributed by atoms with Gasteiger partial charge in [-0.1, -0.05) is 59.7 Å². The summed E-state index contributed by atoms with van der Waals surface area (Å²) in [6, 6.07) is 15.4. The molecule has 2 nitrogen and oxygen atoms in total. The Balaban J connectivity index is 2.28. The molecule has 2 rings (SSSR count). The summed E-state index contributed by atoms with van der Waals surface area (Å²) < 4.78 is 0. The van der Waals surface area contributed by atoms with Crippen molar-refractivity contribution >= 4 is 0 Å². The molecule has 2 aromatic carbocycles. The van der Waals surface area contributed by atoms with Crippen molar-refractivity contribution in [3.63, 3.8) is 0 Å². The van der Waals surface area contributed by atoms with E-state index >= 15 is 0 Å². The van der Waals surface area contributed by atoms with Crippen LogP contribution in [0.3, 0.4) is 0 Å². The summed E-state index contributed by atoms with van der Waals surface area (Å²) in [7, 11) is 0. The zero-order chi connectivity index (χ0) is 13.1. The van der Waals surface area contributed by atoms with Crippen LogP contribution in [0.25, 0.3) is 0 Å². The van der Waals surface area contributed by atoms with E-state index in [2.05, 4.69) is 6.07 Å².